The average Bonchev–Trinajstić information content (AvgIpc) is 3.09. The van der Waals surface area contributed by atoms with Gasteiger partial charge in [0, 0.05) is 24.6 Å². The minimum Gasteiger partial charge on any atom is -0.377 e. The fourth-order valence-electron chi connectivity index (χ4n) is 3.26. The lowest BCUT2D eigenvalue weighted by Gasteiger charge is -2.35. The highest BCUT2D eigenvalue weighted by Gasteiger charge is 2.50. The molecule has 1 heterocycles. The van der Waals surface area contributed by atoms with Crippen molar-refractivity contribution in [3.8, 4) is 0 Å². The number of hydrogen-bond donors (Lipinski definition) is 1. The molecule has 0 aromatic rings. The first-order chi connectivity index (χ1) is 8.68. The van der Waals surface area contributed by atoms with E-state index in [2.05, 4.69) is 25.4 Å². The van der Waals surface area contributed by atoms with Crippen LogP contribution in [0.1, 0.15) is 46.0 Å². The molecule has 0 amide bonds. The highest BCUT2D eigenvalue weighted by atomic mass is 32.2. The van der Waals surface area contributed by atoms with Crippen LogP contribution in [0.25, 0.3) is 0 Å². The van der Waals surface area contributed by atoms with Crippen molar-refractivity contribution in [3.05, 3.63) is 0 Å². The maximum Gasteiger partial charge on any atom is 0.0672 e. The molecule has 1 saturated heterocycles. The van der Waals surface area contributed by atoms with Crippen molar-refractivity contribution < 1.29 is 4.74 Å². The van der Waals surface area contributed by atoms with Gasteiger partial charge < -0.3 is 10.1 Å². The summed E-state index contributed by atoms with van der Waals surface area (Å²) in [6.45, 7) is 6.63. The van der Waals surface area contributed by atoms with Gasteiger partial charge in [-0.1, -0.05) is 13.8 Å². The van der Waals surface area contributed by atoms with Crippen LogP contribution in [0.4, 0.5) is 0 Å². The molecule has 2 atom stereocenters. The lowest BCUT2D eigenvalue weighted by atomic mass is 9.75. The molecule has 0 aromatic heterocycles. The predicted octanol–water partition coefficient (Wildman–Crippen LogP) is 3.31. The first kappa shape index (κ1) is 14.7. The van der Waals surface area contributed by atoms with E-state index < -0.39 is 0 Å². The Balaban J connectivity index is 1.95. The van der Waals surface area contributed by atoms with Crippen LogP contribution >= 0.6 is 11.8 Å². The fraction of sp³-hybridized carbons (Fsp3) is 1.00. The van der Waals surface area contributed by atoms with Crippen molar-refractivity contribution in [3.63, 3.8) is 0 Å². The smallest absolute Gasteiger partial charge is 0.0672 e. The van der Waals surface area contributed by atoms with E-state index >= 15 is 0 Å². The predicted molar refractivity (Wildman–Crippen MR) is 80.3 cm³/mol. The Bertz CT molecular complexity index is 255. The summed E-state index contributed by atoms with van der Waals surface area (Å²) in [5.74, 6) is 2.16. The van der Waals surface area contributed by atoms with E-state index in [0.29, 0.717) is 17.6 Å². The summed E-state index contributed by atoms with van der Waals surface area (Å²) in [6, 6.07) is 0.586. The molecule has 18 heavy (non-hydrogen) atoms. The molecular weight excluding hydrogens is 242 g/mol. The molecule has 2 nitrogen and oxygen atoms in total. The highest BCUT2D eigenvalue weighted by Crippen LogP contribution is 2.50. The molecule has 3 heteroatoms. The van der Waals surface area contributed by atoms with Crippen LogP contribution in [0.5, 0.6) is 0 Å². The fourth-order valence-corrected chi connectivity index (χ4v) is 3.70. The maximum absolute atomic E-state index is 6.11. The Morgan fingerprint density at radius 1 is 1.39 bits per heavy atom. The van der Waals surface area contributed by atoms with Gasteiger partial charge in [-0.2, -0.15) is 11.8 Å². The van der Waals surface area contributed by atoms with Crippen LogP contribution in [0.15, 0.2) is 0 Å². The Labute approximate surface area is 117 Å². The molecule has 2 rings (SSSR count). The van der Waals surface area contributed by atoms with Crippen molar-refractivity contribution in [1.82, 2.24) is 5.32 Å². The zero-order valence-electron chi connectivity index (χ0n) is 12.2. The van der Waals surface area contributed by atoms with Crippen LogP contribution < -0.4 is 5.32 Å². The molecule has 2 aliphatic rings. The van der Waals surface area contributed by atoms with Crippen LogP contribution in [-0.4, -0.2) is 37.3 Å². The number of rotatable bonds is 8. The zero-order chi connectivity index (χ0) is 13.0. The van der Waals surface area contributed by atoms with Gasteiger partial charge >= 0.3 is 0 Å². The summed E-state index contributed by atoms with van der Waals surface area (Å²) >= 11 is 1.97. The molecule has 0 bridgehead atoms. The van der Waals surface area contributed by atoms with Crippen molar-refractivity contribution in [2.45, 2.75) is 58.1 Å². The Hall–Kier alpha value is 0.270. The summed E-state index contributed by atoms with van der Waals surface area (Å²) < 4.78 is 6.11. The third kappa shape index (κ3) is 3.64. The van der Waals surface area contributed by atoms with Gasteiger partial charge in [-0.15, -0.1) is 0 Å². The minimum absolute atomic E-state index is 0.432. The SMILES string of the molecule is CSCCCC1(CNC(C)C)CCOC1C1CC1. The molecule has 0 aromatic carbocycles. The van der Waals surface area contributed by atoms with Gasteiger partial charge in [0.25, 0.3) is 0 Å². The molecule has 1 aliphatic heterocycles. The van der Waals surface area contributed by atoms with Gasteiger partial charge in [-0.25, -0.2) is 0 Å². The van der Waals surface area contributed by atoms with Crippen LogP contribution in [-0.2, 0) is 4.74 Å². The minimum atomic E-state index is 0.432. The standard InChI is InChI=1S/C15H29NOS/c1-12(2)16-11-15(7-4-10-18-3)8-9-17-14(15)13-5-6-13/h12-14,16H,4-11H2,1-3H3. The molecular formula is C15H29NOS. The number of nitrogens with one attached hydrogen (secondary N) is 1. The maximum atomic E-state index is 6.11. The molecule has 106 valence electrons. The van der Waals surface area contributed by atoms with E-state index in [1.165, 1.54) is 37.9 Å². The number of thioether (sulfide) groups is 1. The Morgan fingerprint density at radius 2 is 2.17 bits per heavy atom. The Kier molecular flexibility index (Phi) is 5.40. The van der Waals surface area contributed by atoms with Gasteiger partial charge in [0.05, 0.1) is 6.10 Å². The molecule has 1 aliphatic carbocycles. The van der Waals surface area contributed by atoms with Crippen molar-refractivity contribution in [1.29, 1.82) is 0 Å². The summed E-state index contributed by atoms with van der Waals surface area (Å²) in [4.78, 5) is 0. The molecule has 2 unspecified atom stereocenters. The quantitative estimate of drug-likeness (QED) is 0.684. The topological polar surface area (TPSA) is 21.3 Å². The van der Waals surface area contributed by atoms with E-state index in [1.807, 2.05) is 11.8 Å². The van der Waals surface area contributed by atoms with Gasteiger partial charge in [-0.05, 0) is 50.0 Å². The highest BCUT2D eigenvalue weighted by molar-refractivity contribution is 7.98. The van der Waals surface area contributed by atoms with Crippen molar-refractivity contribution in [2.75, 3.05) is 25.2 Å². The van der Waals surface area contributed by atoms with E-state index in [-0.39, 0.29) is 0 Å². The van der Waals surface area contributed by atoms with E-state index in [1.54, 1.807) is 0 Å². The van der Waals surface area contributed by atoms with Crippen LogP contribution in [0, 0.1) is 11.3 Å². The van der Waals surface area contributed by atoms with Crippen LogP contribution in [0.3, 0.4) is 0 Å². The lowest BCUT2D eigenvalue weighted by molar-refractivity contribution is 0.0255. The molecule has 1 N–H and O–H groups in total. The molecule has 1 saturated carbocycles. The van der Waals surface area contributed by atoms with Gasteiger partial charge in [0.1, 0.15) is 0 Å². The number of hydrogen-bond acceptors (Lipinski definition) is 3. The Morgan fingerprint density at radius 3 is 2.78 bits per heavy atom. The first-order valence-corrected chi connectivity index (χ1v) is 8.91. The average molecular weight is 271 g/mol. The molecule has 2 fully saturated rings. The van der Waals surface area contributed by atoms with E-state index in [4.69, 9.17) is 4.74 Å². The summed E-state index contributed by atoms with van der Waals surface area (Å²) in [6.07, 6.45) is 9.51. The second kappa shape index (κ2) is 6.62. The van der Waals surface area contributed by atoms with E-state index in [0.717, 1.165) is 19.1 Å². The monoisotopic (exact) mass is 271 g/mol. The molecule has 0 radical (unpaired) electrons. The lowest BCUT2D eigenvalue weighted by Crippen LogP contribution is -2.44. The second-order valence-electron chi connectivity index (χ2n) is 6.37. The zero-order valence-corrected chi connectivity index (χ0v) is 13.0. The normalized spacial score (nSPS) is 32.3. The second-order valence-corrected chi connectivity index (χ2v) is 7.36. The van der Waals surface area contributed by atoms with Gasteiger partial charge in [0.15, 0.2) is 0 Å². The summed E-state index contributed by atoms with van der Waals surface area (Å²) in [5, 5.41) is 3.68. The molecule has 0 spiro atoms. The van der Waals surface area contributed by atoms with Gasteiger partial charge in [0.2, 0.25) is 0 Å². The van der Waals surface area contributed by atoms with Crippen molar-refractivity contribution in [2.24, 2.45) is 11.3 Å². The van der Waals surface area contributed by atoms with Crippen LogP contribution in [0.2, 0.25) is 0 Å². The third-order valence-electron chi connectivity index (χ3n) is 4.44. The summed E-state index contributed by atoms with van der Waals surface area (Å²) in [5.41, 5.74) is 0.432. The number of ether oxygens (including phenoxy) is 1. The summed E-state index contributed by atoms with van der Waals surface area (Å²) in [7, 11) is 0. The van der Waals surface area contributed by atoms with Crippen molar-refractivity contribution >= 4 is 11.8 Å². The largest absolute Gasteiger partial charge is 0.377 e. The third-order valence-corrected chi connectivity index (χ3v) is 5.13. The first-order valence-electron chi connectivity index (χ1n) is 7.52. The van der Waals surface area contributed by atoms with E-state index in [9.17, 15) is 0 Å². The van der Waals surface area contributed by atoms with Gasteiger partial charge in [-0.3, -0.25) is 0 Å².